The molecule has 0 bridgehead atoms. The lowest BCUT2D eigenvalue weighted by molar-refractivity contribution is 0.143. The zero-order valence-electron chi connectivity index (χ0n) is 10.9. The molecule has 1 unspecified atom stereocenters. The molecule has 1 aliphatic rings. The number of rotatable bonds is 1. The van der Waals surface area contributed by atoms with Gasteiger partial charge in [-0.15, -0.1) is 0 Å². The van der Waals surface area contributed by atoms with Crippen molar-refractivity contribution in [3.63, 3.8) is 0 Å². The Balaban J connectivity index is 2.11. The Labute approximate surface area is 113 Å². The maximum Gasteiger partial charge on any atom is 0.0998 e. The van der Waals surface area contributed by atoms with Gasteiger partial charge in [-0.25, -0.2) is 0 Å². The van der Waals surface area contributed by atoms with Crippen LogP contribution in [0.15, 0.2) is 36.4 Å². The van der Waals surface area contributed by atoms with Gasteiger partial charge in [0, 0.05) is 13.2 Å². The molecular weight excluding hydrogens is 234 g/mol. The van der Waals surface area contributed by atoms with Crippen LogP contribution in [0.1, 0.15) is 36.3 Å². The van der Waals surface area contributed by atoms with Gasteiger partial charge in [-0.1, -0.05) is 30.3 Å². The Hall–Kier alpha value is -1.85. The van der Waals surface area contributed by atoms with E-state index in [1.165, 1.54) is 17.4 Å². The zero-order chi connectivity index (χ0) is 13.1. The van der Waals surface area contributed by atoms with Gasteiger partial charge in [0.1, 0.15) is 0 Å². The van der Waals surface area contributed by atoms with Gasteiger partial charge in [0.05, 0.1) is 11.6 Å². The molecule has 2 aromatic carbocycles. The number of nitrogens with zero attached hydrogens (tertiary/aromatic N) is 1. The molecule has 0 aromatic heterocycles. The molecule has 2 heteroatoms. The maximum absolute atomic E-state index is 9.21. The second-order valence-corrected chi connectivity index (χ2v) is 5.10. The molecule has 0 N–H and O–H groups in total. The van der Waals surface area contributed by atoms with Gasteiger partial charge in [0.15, 0.2) is 0 Å². The summed E-state index contributed by atoms with van der Waals surface area (Å²) in [4.78, 5) is 0. The zero-order valence-corrected chi connectivity index (χ0v) is 10.9. The average molecular weight is 251 g/mol. The molecular formula is C17H17NO. The Morgan fingerprint density at radius 3 is 2.68 bits per heavy atom. The molecule has 0 saturated carbocycles. The normalized spacial score (nSPS) is 19.8. The molecule has 1 saturated heterocycles. The molecule has 1 heterocycles. The van der Waals surface area contributed by atoms with Crippen LogP contribution in [0.4, 0.5) is 0 Å². The van der Waals surface area contributed by atoms with Gasteiger partial charge >= 0.3 is 0 Å². The van der Waals surface area contributed by atoms with E-state index >= 15 is 0 Å². The van der Waals surface area contributed by atoms with Crippen molar-refractivity contribution in [1.29, 1.82) is 5.26 Å². The van der Waals surface area contributed by atoms with Gasteiger partial charge in [-0.3, -0.25) is 0 Å². The molecule has 1 aliphatic heterocycles. The second-order valence-electron chi connectivity index (χ2n) is 5.10. The third kappa shape index (κ3) is 2.34. The minimum Gasteiger partial charge on any atom is -0.381 e. The SMILES string of the molecule is N#Cc1ccc(C2CCCOCC2)c2ccccc12. The first-order chi connectivity index (χ1) is 9.40. The Morgan fingerprint density at radius 2 is 1.84 bits per heavy atom. The van der Waals surface area contributed by atoms with Gasteiger partial charge in [0.2, 0.25) is 0 Å². The quantitative estimate of drug-likeness (QED) is 0.767. The van der Waals surface area contributed by atoms with E-state index in [4.69, 9.17) is 4.74 Å². The molecule has 2 aromatic rings. The van der Waals surface area contributed by atoms with Crippen LogP contribution >= 0.6 is 0 Å². The minimum atomic E-state index is 0.556. The van der Waals surface area contributed by atoms with E-state index in [2.05, 4.69) is 24.3 Å². The predicted molar refractivity (Wildman–Crippen MR) is 76.1 cm³/mol. The van der Waals surface area contributed by atoms with Crippen LogP contribution in [0.5, 0.6) is 0 Å². The molecule has 19 heavy (non-hydrogen) atoms. The van der Waals surface area contributed by atoms with Crippen molar-refractivity contribution in [2.75, 3.05) is 13.2 Å². The first kappa shape index (κ1) is 12.2. The van der Waals surface area contributed by atoms with E-state index in [1.807, 2.05) is 18.2 Å². The summed E-state index contributed by atoms with van der Waals surface area (Å²) in [5.74, 6) is 0.556. The molecule has 0 spiro atoms. The highest BCUT2D eigenvalue weighted by molar-refractivity contribution is 5.91. The minimum absolute atomic E-state index is 0.556. The van der Waals surface area contributed by atoms with Gasteiger partial charge in [0.25, 0.3) is 0 Å². The highest BCUT2D eigenvalue weighted by Gasteiger charge is 2.17. The van der Waals surface area contributed by atoms with Crippen LogP contribution in [0, 0.1) is 11.3 Å². The number of nitriles is 1. The van der Waals surface area contributed by atoms with Crippen molar-refractivity contribution < 1.29 is 4.74 Å². The number of fused-ring (bicyclic) bond motifs is 1. The second kappa shape index (κ2) is 5.42. The standard InChI is InChI=1S/C17H17NO/c18-12-14-7-8-16(13-4-3-10-19-11-9-13)17-6-2-1-5-15(14)17/h1-2,5-8,13H,3-4,9-11H2. The Morgan fingerprint density at radius 1 is 1.00 bits per heavy atom. The number of ether oxygens (including phenoxy) is 1. The number of hydrogen-bond acceptors (Lipinski definition) is 2. The number of hydrogen-bond donors (Lipinski definition) is 0. The Kier molecular flexibility index (Phi) is 3.48. The summed E-state index contributed by atoms with van der Waals surface area (Å²) < 4.78 is 5.55. The summed E-state index contributed by atoms with van der Waals surface area (Å²) in [5, 5.41) is 11.5. The number of benzene rings is 2. The van der Waals surface area contributed by atoms with E-state index in [0.29, 0.717) is 5.92 Å². The smallest absolute Gasteiger partial charge is 0.0998 e. The van der Waals surface area contributed by atoms with Crippen LogP contribution in [0.25, 0.3) is 10.8 Å². The third-order valence-corrected chi connectivity index (χ3v) is 3.97. The highest BCUT2D eigenvalue weighted by atomic mass is 16.5. The van der Waals surface area contributed by atoms with Crippen LogP contribution < -0.4 is 0 Å². The third-order valence-electron chi connectivity index (χ3n) is 3.97. The average Bonchev–Trinajstić information content (AvgIpc) is 2.75. The highest BCUT2D eigenvalue weighted by Crippen LogP contribution is 2.33. The summed E-state index contributed by atoms with van der Waals surface area (Å²) in [6.45, 7) is 1.73. The molecule has 0 amide bonds. The molecule has 2 nitrogen and oxygen atoms in total. The maximum atomic E-state index is 9.21. The Bertz CT molecular complexity index is 619. The van der Waals surface area contributed by atoms with Crippen molar-refractivity contribution in [2.24, 2.45) is 0 Å². The fourth-order valence-corrected chi connectivity index (χ4v) is 2.99. The van der Waals surface area contributed by atoms with Gasteiger partial charge < -0.3 is 4.74 Å². The molecule has 3 rings (SSSR count). The van der Waals surface area contributed by atoms with E-state index in [0.717, 1.165) is 37.0 Å². The lowest BCUT2D eigenvalue weighted by Gasteiger charge is -2.17. The van der Waals surface area contributed by atoms with Crippen molar-refractivity contribution in [3.8, 4) is 6.07 Å². The predicted octanol–water partition coefficient (Wildman–Crippen LogP) is 4.00. The van der Waals surface area contributed by atoms with Gasteiger partial charge in [-0.05, 0) is 47.6 Å². The van der Waals surface area contributed by atoms with E-state index in [1.54, 1.807) is 0 Å². The topological polar surface area (TPSA) is 33.0 Å². The van der Waals surface area contributed by atoms with Crippen molar-refractivity contribution in [3.05, 3.63) is 47.5 Å². The monoisotopic (exact) mass is 251 g/mol. The lowest BCUT2D eigenvalue weighted by Crippen LogP contribution is -2.01. The largest absolute Gasteiger partial charge is 0.381 e. The first-order valence-electron chi connectivity index (χ1n) is 6.89. The van der Waals surface area contributed by atoms with Gasteiger partial charge in [-0.2, -0.15) is 5.26 Å². The van der Waals surface area contributed by atoms with Crippen LogP contribution in [0.3, 0.4) is 0 Å². The fourth-order valence-electron chi connectivity index (χ4n) is 2.99. The first-order valence-corrected chi connectivity index (χ1v) is 6.89. The fraction of sp³-hybridized carbons (Fsp3) is 0.353. The lowest BCUT2D eigenvalue weighted by atomic mass is 9.87. The van der Waals surface area contributed by atoms with Crippen molar-refractivity contribution in [1.82, 2.24) is 0 Å². The van der Waals surface area contributed by atoms with Crippen LogP contribution in [0.2, 0.25) is 0 Å². The van der Waals surface area contributed by atoms with Crippen LogP contribution in [-0.4, -0.2) is 13.2 Å². The molecule has 96 valence electrons. The molecule has 1 fully saturated rings. The summed E-state index contributed by atoms with van der Waals surface area (Å²) in [5.41, 5.74) is 2.14. The van der Waals surface area contributed by atoms with E-state index in [9.17, 15) is 5.26 Å². The molecule has 0 radical (unpaired) electrons. The summed E-state index contributed by atoms with van der Waals surface area (Å²) in [7, 11) is 0. The van der Waals surface area contributed by atoms with Crippen LogP contribution in [-0.2, 0) is 4.74 Å². The van der Waals surface area contributed by atoms with E-state index in [-0.39, 0.29) is 0 Å². The summed E-state index contributed by atoms with van der Waals surface area (Å²) in [6.07, 6.45) is 3.38. The van der Waals surface area contributed by atoms with Crippen molar-refractivity contribution in [2.45, 2.75) is 25.2 Å². The van der Waals surface area contributed by atoms with E-state index < -0.39 is 0 Å². The molecule has 0 aliphatic carbocycles. The summed E-state index contributed by atoms with van der Waals surface area (Å²) >= 11 is 0. The molecule has 1 atom stereocenters. The summed E-state index contributed by atoms with van der Waals surface area (Å²) in [6, 6.07) is 14.6. The van der Waals surface area contributed by atoms with Crippen molar-refractivity contribution >= 4 is 10.8 Å².